The molecule has 0 aromatic heterocycles. The van der Waals surface area contributed by atoms with Crippen molar-refractivity contribution >= 4 is 22.7 Å². The van der Waals surface area contributed by atoms with E-state index >= 15 is 0 Å². The van der Waals surface area contributed by atoms with Gasteiger partial charge in [0, 0.05) is 23.0 Å². The predicted octanol–water partition coefficient (Wildman–Crippen LogP) is -0.123. The summed E-state index contributed by atoms with van der Waals surface area (Å²) in [6, 6.07) is -1.02. The minimum absolute atomic E-state index is 0.0135. The fourth-order valence-electron chi connectivity index (χ4n) is 1.35. The molecular weight excluding hydrogens is 218 g/mol. The normalized spacial score (nSPS) is 20.1. The summed E-state index contributed by atoms with van der Waals surface area (Å²) in [5.41, 5.74) is 0. The largest absolute Gasteiger partial charge is 0.480 e. The zero-order chi connectivity index (χ0) is 11.4. The van der Waals surface area contributed by atoms with Gasteiger partial charge >= 0.3 is 5.97 Å². The first-order chi connectivity index (χ1) is 7.00. The van der Waals surface area contributed by atoms with Crippen molar-refractivity contribution in [1.82, 2.24) is 5.32 Å². The molecule has 0 heterocycles. The Morgan fingerprint density at radius 2 is 2.13 bits per heavy atom. The fraction of sp³-hybridized carbons (Fsp3) is 0.778. The van der Waals surface area contributed by atoms with Gasteiger partial charge in [-0.05, 0) is 12.8 Å². The van der Waals surface area contributed by atoms with Crippen LogP contribution in [-0.2, 0) is 20.4 Å². The molecule has 5 nitrogen and oxygen atoms in total. The minimum Gasteiger partial charge on any atom is -0.480 e. The van der Waals surface area contributed by atoms with E-state index in [0.29, 0.717) is 0 Å². The number of hydrogen-bond donors (Lipinski definition) is 2. The van der Waals surface area contributed by atoms with Gasteiger partial charge < -0.3 is 10.4 Å². The molecule has 2 N–H and O–H groups in total. The van der Waals surface area contributed by atoms with Crippen LogP contribution in [0.5, 0.6) is 0 Å². The van der Waals surface area contributed by atoms with Crippen LogP contribution in [0.15, 0.2) is 0 Å². The number of carbonyl (C=O) groups excluding carboxylic acids is 1. The van der Waals surface area contributed by atoms with E-state index in [4.69, 9.17) is 5.11 Å². The van der Waals surface area contributed by atoms with Crippen LogP contribution in [-0.4, -0.2) is 38.2 Å². The average molecular weight is 233 g/mol. The van der Waals surface area contributed by atoms with Gasteiger partial charge in [0.2, 0.25) is 5.91 Å². The lowest BCUT2D eigenvalue weighted by Crippen LogP contribution is -2.45. The van der Waals surface area contributed by atoms with Gasteiger partial charge in [-0.3, -0.25) is 9.00 Å². The van der Waals surface area contributed by atoms with Crippen LogP contribution in [0.1, 0.15) is 26.2 Å². The summed E-state index contributed by atoms with van der Waals surface area (Å²) >= 11 is 0. The SMILES string of the molecule is CC(=O)NC(CS(=O)C1CCC1)C(=O)O. The van der Waals surface area contributed by atoms with Gasteiger partial charge in [0.1, 0.15) is 6.04 Å². The van der Waals surface area contributed by atoms with Gasteiger partial charge in [0.25, 0.3) is 0 Å². The van der Waals surface area contributed by atoms with Gasteiger partial charge in [-0.15, -0.1) is 0 Å². The lowest BCUT2D eigenvalue weighted by atomic mass is 10.0. The van der Waals surface area contributed by atoms with Crippen LogP contribution < -0.4 is 5.32 Å². The molecule has 2 unspecified atom stereocenters. The Labute approximate surface area is 90.7 Å². The summed E-state index contributed by atoms with van der Waals surface area (Å²) < 4.78 is 11.6. The first-order valence-electron chi connectivity index (χ1n) is 4.87. The Hall–Kier alpha value is -0.910. The smallest absolute Gasteiger partial charge is 0.327 e. The second kappa shape index (κ2) is 5.25. The Morgan fingerprint density at radius 1 is 1.53 bits per heavy atom. The quantitative estimate of drug-likeness (QED) is 0.693. The molecular formula is C9H15NO4S. The van der Waals surface area contributed by atoms with Crippen molar-refractivity contribution in [3.8, 4) is 0 Å². The molecule has 1 aliphatic carbocycles. The zero-order valence-electron chi connectivity index (χ0n) is 8.56. The summed E-state index contributed by atoms with van der Waals surface area (Å²) in [4.78, 5) is 21.5. The van der Waals surface area contributed by atoms with Crippen molar-refractivity contribution in [2.75, 3.05) is 5.75 Å². The van der Waals surface area contributed by atoms with Crippen molar-refractivity contribution < 1.29 is 18.9 Å². The summed E-state index contributed by atoms with van der Waals surface area (Å²) in [6.45, 7) is 1.25. The molecule has 0 aliphatic heterocycles. The maximum absolute atomic E-state index is 11.6. The van der Waals surface area contributed by atoms with Crippen LogP contribution in [0.4, 0.5) is 0 Å². The van der Waals surface area contributed by atoms with Crippen molar-refractivity contribution in [1.29, 1.82) is 0 Å². The molecule has 2 atom stereocenters. The molecule has 1 aliphatic rings. The van der Waals surface area contributed by atoms with Gasteiger partial charge in [0.15, 0.2) is 0 Å². The number of aliphatic carboxylic acids is 1. The first kappa shape index (κ1) is 12.2. The van der Waals surface area contributed by atoms with Crippen LogP contribution in [0.2, 0.25) is 0 Å². The van der Waals surface area contributed by atoms with E-state index in [0.717, 1.165) is 19.3 Å². The lowest BCUT2D eigenvalue weighted by Gasteiger charge is -2.25. The third kappa shape index (κ3) is 3.62. The molecule has 1 fully saturated rings. The second-order valence-electron chi connectivity index (χ2n) is 3.69. The highest BCUT2D eigenvalue weighted by molar-refractivity contribution is 7.85. The van der Waals surface area contributed by atoms with Gasteiger partial charge in [-0.25, -0.2) is 4.79 Å². The van der Waals surface area contributed by atoms with Gasteiger partial charge in [-0.1, -0.05) is 6.42 Å². The zero-order valence-corrected chi connectivity index (χ0v) is 9.38. The van der Waals surface area contributed by atoms with Crippen molar-refractivity contribution in [3.05, 3.63) is 0 Å². The molecule has 15 heavy (non-hydrogen) atoms. The van der Waals surface area contributed by atoms with E-state index in [1.807, 2.05) is 0 Å². The van der Waals surface area contributed by atoms with E-state index in [1.54, 1.807) is 0 Å². The Morgan fingerprint density at radius 3 is 2.47 bits per heavy atom. The maximum atomic E-state index is 11.6. The number of hydrogen-bond acceptors (Lipinski definition) is 3. The minimum atomic E-state index is -1.14. The van der Waals surface area contributed by atoms with Crippen molar-refractivity contribution in [3.63, 3.8) is 0 Å². The van der Waals surface area contributed by atoms with E-state index < -0.39 is 28.7 Å². The van der Waals surface area contributed by atoms with Crippen LogP contribution in [0, 0.1) is 0 Å². The van der Waals surface area contributed by atoms with Crippen molar-refractivity contribution in [2.24, 2.45) is 0 Å². The van der Waals surface area contributed by atoms with E-state index in [1.165, 1.54) is 6.92 Å². The lowest BCUT2D eigenvalue weighted by molar-refractivity contribution is -0.140. The van der Waals surface area contributed by atoms with Crippen LogP contribution in [0.25, 0.3) is 0 Å². The van der Waals surface area contributed by atoms with Gasteiger partial charge in [0.05, 0.1) is 5.75 Å². The number of rotatable bonds is 5. The molecule has 0 aromatic carbocycles. The molecule has 0 aromatic rings. The van der Waals surface area contributed by atoms with E-state index in [-0.39, 0.29) is 11.0 Å². The molecule has 0 spiro atoms. The number of carboxylic acids is 1. The third-order valence-corrected chi connectivity index (χ3v) is 4.31. The van der Waals surface area contributed by atoms with Gasteiger partial charge in [-0.2, -0.15) is 0 Å². The second-order valence-corrected chi connectivity index (χ2v) is 5.45. The molecule has 1 saturated carbocycles. The molecule has 0 bridgehead atoms. The Balaban J connectivity index is 2.46. The number of carbonyl (C=O) groups is 2. The first-order valence-corrected chi connectivity index (χ1v) is 6.26. The highest BCUT2D eigenvalue weighted by Gasteiger charge is 2.29. The molecule has 86 valence electrons. The monoisotopic (exact) mass is 233 g/mol. The summed E-state index contributed by atoms with van der Waals surface area (Å²) in [5.74, 6) is -1.52. The standard InChI is InChI=1S/C9H15NO4S/c1-6(11)10-8(9(12)13)5-15(14)7-3-2-4-7/h7-8H,2-5H2,1H3,(H,10,11)(H,12,13). The van der Waals surface area contributed by atoms with Crippen LogP contribution >= 0.6 is 0 Å². The Bertz CT molecular complexity index is 288. The van der Waals surface area contributed by atoms with E-state index in [9.17, 15) is 13.8 Å². The molecule has 0 saturated heterocycles. The summed E-state index contributed by atoms with van der Waals surface area (Å²) in [6.07, 6.45) is 2.87. The average Bonchev–Trinajstić information content (AvgIpc) is 1.98. The highest BCUT2D eigenvalue weighted by Crippen LogP contribution is 2.24. The third-order valence-electron chi connectivity index (χ3n) is 2.43. The number of carboxylic acid groups (broad SMARTS) is 1. The molecule has 1 rings (SSSR count). The Kier molecular flexibility index (Phi) is 4.26. The number of amides is 1. The fourth-order valence-corrected chi connectivity index (χ4v) is 3.04. The topological polar surface area (TPSA) is 83.5 Å². The van der Waals surface area contributed by atoms with Crippen LogP contribution in [0.3, 0.4) is 0 Å². The summed E-state index contributed by atoms with van der Waals surface area (Å²) in [7, 11) is -1.14. The number of nitrogens with one attached hydrogen (secondary N) is 1. The highest BCUT2D eigenvalue weighted by atomic mass is 32.2. The van der Waals surface area contributed by atoms with E-state index in [2.05, 4.69) is 5.32 Å². The molecule has 0 radical (unpaired) electrons. The van der Waals surface area contributed by atoms with Crippen molar-refractivity contribution in [2.45, 2.75) is 37.5 Å². The summed E-state index contributed by atoms with van der Waals surface area (Å²) in [5, 5.41) is 11.2. The predicted molar refractivity (Wildman–Crippen MR) is 55.9 cm³/mol. The maximum Gasteiger partial charge on any atom is 0.327 e. The molecule has 6 heteroatoms. The molecule has 1 amide bonds.